The van der Waals surface area contributed by atoms with Crippen LogP contribution in [0.25, 0.3) is 49.7 Å². The molecule has 0 saturated heterocycles. The lowest BCUT2D eigenvalue weighted by molar-refractivity contribution is -0.143. The van der Waals surface area contributed by atoms with Crippen LogP contribution in [0.2, 0.25) is 0 Å². The van der Waals surface area contributed by atoms with Gasteiger partial charge in [0.25, 0.3) is 11.8 Å². The van der Waals surface area contributed by atoms with Crippen molar-refractivity contribution in [3.8, 4) is 27.9 Å². The molecule has 4 nitrogen and oxygen atoms in total. The minimum Gasteiger partial charge on any atom is -0.308 e. The van der Waals surface area contributed by atoms with Gasteiger partial charge in [-0.2, -0.15) is 26.3 Å². The average molecular weight is 677 g/mol. The maximum atomic E-state index is 14.3. The number of hydrogen-bond acceptors (Lipinski definition) is 2. The molecule has 246 valence electrons. The van der Waals surface area contributed by atoms with E-state index in [1.807, 2.05) is 30.3 Å². The van der Waals surface area contributed by atoms with Crippen molar-refractivity contribution in [1.29, 1.82) is 0 Å². The predicted octanol–water partition coefficient (Wildman–Crippen LogP) is 11.0. The molecule has 0 unspecified atom stereocenters. The van der Waals surface area contributed by atoms with Gasteiger partial charge in [-0.15, -0.1) is 0 Å². The van der Waals surface area contributed by atoms with E-state index in [0.29, 0.717) is 34.1 Å². The van der Waals surface area contributed by atoms with E-state index in [1.165, 1.54) is 12.1 Å². The maximum absolute atomic E-state index is 14.3. The monoisotopic (exact) mass is 676 g/mol. The van der Waals surface area contributed by atoms with E-state index in [9.17, 15) is 35.9 Å². The smallest absolute Gasteiger partial charge is 0.308 e. The van der Waals surface area contributed by atoms with Gasteiger partial charge in [0, 0.05) is 16.3 Å². The summed E-state index contributed by atoms with van der Waals surface area (Å²) in [7, 11) is 0. The Bertz CT molecular complexity index is 2470. The topological polar surface area (TPSA) is 42.3 Å². The second-order valence-electron chi connectivity index (χ2n) is 11.9. The number of alkyl halides is 6. The second kappa shape index (κ2) is 11.2. The minimum absolute atomic E-state index is 0.0575. The van der Waals surface area contributed by atoms with Crippen LogP contribution < -0.4 is 4.90 Å². The number of amides is 2. The lowest BCUT2D eigenvalue weighted by Gasteiger charge is -2.17. The number of fused-ring (bicyclic) bond motifs is 4. The Morgan fingerprint density at radius 1 is 0.480 bits per heavy atom. The van der Waals surface area contributed by atoms with Crippen LogP contribution in [0.5, 0.6) is 0 Å². The van der Waals surface area contributed by atoms with Crippen LogP contribution in [0, 0.1) is 0 Å². The Morgan fingerprint density at radius 3 is 1.74 bits per heavy atom. The number of aromatic nitrogens is 1. The molecule has 1 aromatic heterocycles. The van der Waals surface area contributed by atoms with Crippen LogP contribution in [-0.4, -0.2) is 16.4 Å². The quantitative estimate of drug-likeness (QED) is 0.138. The maximum Gasteiger partial charge on any atom is 0.416 e. The summed E-state index contributed by atoms with van der Waals surface area (Å²) in [5.74, 6) is -1.18. The Balaban J connectivity index is 1.34. The third kappa shape index (κ3) is 4.94. The van der Waals surface area contributed by atoms with Crippen LogP contribution in [-0.2, 0) is 12.4 Å². The first kappa shape index (κ1) is 31.1. The van der Waals surface area contributed by atoms with E-state index in [4.69, 9.17) is 0 Å². The van der Waals surface area contributed by atoms with Crippen LogP contribution in [0.4, 0.5) is 32.0 Å². The van der Waals surface area contributed by atoms with E-state index < -0.39 is 35.3 Å². The first-order valence-corrected chi connectivity index (χ1v) is 15.4. The van der Waals surface area contributed by atoms with Gasteiger partial charge in [-0.3, -0.25) is 9.59 Å². The average Bonchev–Trinajstić information content (AvgIpc) is 3.58. The van der Waals surface area contributed by atoms with Crippen LogP contribution in [0.3, 0.4) is 0 Å². The van der Waals surface area contributed by atoms with Crippen molar-refractivity contribution in [1.82, 2.24) is 4.57 Å². The molecule has 0 N–H and O–H groups in total. The van der Waals surface area contributed by atoms with Crippen LogP contribution >= 0.6 is 0 Å². The highest BCUT2D eigenvalue weighted by molar-refractivity contribution is 6.36. The van der Waals surface area contributed by atoms with Crippen molar-refractivity contribution in [3.63, 3.8) is 0 Å². The molecule has 50 heavy (non-hydrogen) atoms. The van der Waals surface area contributed by atoms with Gasteiger partial charge in [-0.25, -0.2) is 4.90 Å². The van der Waals surface area contributed by atoms with Crippen molar-refractivity contribution >= 4 is 39.3 Å². The molecule has 8 rings (SSSR count). The molecule has 0 radical (unpaired) electrons. The third-order valence-electron chi connectivity index (χ3n) is 8.96. The first-order chi connectivity index (χ1) is 23.9. The predicted molar refractivity (Wildman–Crippen MR) is 179 cm³/mol. The van der Waals surface area contributed by atoms with Gasteiger partial charge >= 0.3 is 12.4 Å². The molecule has 7 aromatic rings. The molecule has 2 heterocycles. The van der Waals surface area contributed by atoms with Gasteiger partial charge in [-0.1, -0.05) is 84.9 Å². The number of benzene rings is 6. The first-order valence-electron chi connectivity index (χ1n) is 15.4. The number of rotatable bonds is 4. The normalized spacial score (nSPS) is 13.4. The molecule has 0 spiro atoms. The van der Waals surface area contributed by atoms with Gasteiger partial charge in [0.15, 0.2) is 0 Å². The number of para-hydroxylation sites is 2. The highest BCUT2D eigenvalue weighted by Gasteiger charge is 2.40. The number of imide groups is 1. The van der Waals surface area contributed by atoms with Gasteiger partial charge in [-0.05, 0) is 65.2 Å². The standard InChI is InChI=1S/C40H22F6N2O2/c41-39(42,43)26-20-25(21-27(22-26)40(44,45)46)29-11-6-12-31-30-10-4-5-14-33(30)48(36(29)31)34-15-7-13-32-35(34)38(50)47(37(32)49)28-18-16-24(17-19-28)23-8-2-1-3-9-23/h1-22H. The fourth-order valence-corrected chi connectivity index (χ4v) is 6.73. The highest BCUT2D eigenvalue weighted by Crippen LogP contribution is 2.44. The molecule has 10 heteroatoms. The number of anilines is 1. The minimum atomic E-state index is -5.05. The lowest BCUT2D eigenvalue weighted by atomic mass is 9.97. The van der Waals surface area contributed by atoms with Crippen molar-refractivity contribution in [3.05, 3.63) is 156 Å². The second-order valence-corrected chi connectivity index (χ2v) is 11.9. The summed E-state index contributed by atoms with van der Waals surface area (Å²) in [5, 5.41) is 1.18. The number of hydrogen-bond donors (Lipinski definition) is 0. The van der Waals surface area contributed by atoms with E-state index in [0.717, 1.165) is 16.0 Å². The van der Waals surface area contributed by atoms with E-state index >= 15 is 0 Å². The zero-order chi connectivity index (χ0) is 34.9. The molecule has 0 saturated carbocycles. The molecule has 0 aliphatic carbocycles. The molecule has 0 atom stereocenters. The molecule has 6 aromatic carbocycles. The number of carbonyl (C=O) groups excluding carboxylic acids is 2. The summed E-state index contributed by atoms with van der Waals surface area (Å²) in [4.78, 5) is 29.2. The summed E-state index contributed by atoms with van der Waals surface area (Å²) < 4.78 is 85.3. The fourth-order valence-electron chi connectivity index (χ4n) is 6.73. The van der Waals surface area contributed by atoms with Gasteiger partial charge < -0.3 is 4.57 Å². The van der Waals surface area contributed by atoms with Crippen molar-refractivity contribution in [2.75, 3.05) is 4.90 Å². The van der Waals surface area contributed by atoms with Crippen molar-refractivity contribution in [2.45, 2.75) is 12.4 Å². The molecule has 2 amide bonds. The molecule has 0 bridgehead atoms. The van der Waals surface area contributed by atoms with Gasteiger partial charge in [0.05, 0.1) is 44.7 Å². The summed E-state index contributed by atoms with van der Waals surface area (Å²) in [6.07, 6.45) is -10.1. The third-order valence-corrected chi connectivity index (χ3v) is 8.96. The Kier molecular flexibility index (Phi) is 6.97. The fraction of sp³-hybridized carbons (Fsp3) is 0.0500. The number of carbonyl (C=O) groups is 2. The van der Waals surface area contributed by atoms with Crippen molar-refractivity contribution < 1.29 is 35.9 Å². The lowest BCUT2D eigenvalue weighted by Crippen LogP contribution is -2.29. The van der Waals surface area contributed by atoms with Crippen LogP contribution in [0.15, 0.2) is 133 Å². The molecular formula is C40H22F6N2O2. The molecule has 1 aliphatic heterocycles. The summed E-state index contributed by atoms with van der Waals surface area (Å²) in [6.45, 7) is 0. The van der Waals surface area contributed by atoms with Crippen molar-refractivity contribution in [2.24, 2.45) is 0 Å². The van der Waals surface area contributed by atoms with E-state index in [-0.39, 0.29) is 39.5 Å². The van der Waals surface area contributed by atoms with E-state index in [2.05, 4.69) is 0 Å². The Hall–Kier alpha value is -6.16. The SMILES string of the molecule is O=C1c2cccc(-n3c4ccccc4c4cccc(-c5cc(C(F)(F)F)cc(C(F)(F)F)c5)c43)c2C(=O)N1c1ccc(-c2ccccc2)cc1. The summed E-state index contributed by atoms with van der Waals surface area (Å²) >= 11 is 0. The molecular weight excluding hydrogens is 654 g/mol. The highest BCUT2D eigenvalue weighted by atomic mass is 19.4. The zero-order valence-electron chi connectivity index (χ0n) is 25.7. The Morgan fingerprint density at radius 2 is 1.06 bits per heavy atom. The Labute approximate surface area is 280 Å². The van der Waals surface area contributed by atoms with Crippen LogP contribution in [0.1, 0.15) is 31.8 Å². The van der Waals surface area contributed by atoms with Gasteiger partial charge in [0.1, 0.15) is 0 Å². The number of nitrogens with zero attached hydrogens (tertiary/aromatic N) is 2. The molecule has 1 aliphatic rings. The van der Waals surface area contributed by atoms with E-state index in [1.54, 1.807) is 77.4 Å². The zero-order valence-corrected chi connectivity index (χ0v) is 25.7. The largest absolute Gasteiger partial charge is 0.416 e. The number of halogens is 6. The van der Waals surface area contributed by atoms with Gasteiger partial charge in [0.2, 0.25) is 0 Å². The summed E-state index contributed by atoms with van der Waals surface area (Å²) in [6, 6.07) is 34.5. The molecule has 0 fully saturated rings. The summed E-state index contributed by atoms with van der Waals surface area (Å²) in [5.41, 5.74) is 0.298.